The molecular formula is C29H31N3O6. The average Bonchev–Trinajstić information content (AvgIpc) is 3.17. The van der Waals surface area contributed by atoms with E-state index >= 15 is 0 Å². The molecule has 0 aromatic heterocycles. The quantitative estimate of drug-likeness (QED) is 0.105. The zero-order chi connectivity index (χ0) is 27.5. The van der Waals surface area contributed by atoms with Gasteiger partial charge in [-0.15, -0.1) is 0 Å². The number of amides is 3. The molecule has 0 aliphatic carbocycles. The van der Waals surface area contributed by atoms with Crippen molar-refractivity contribution >= 4 is 29.8 Å². The number of unbranched alkanes of at least 4 members (excludes halogenated alkanes) is 3. The SMILES string of the molecule is CCCCNC(=O)/C(C#N)=C/c1ccc(OC(=O)CCCCCN2C(=O)c3ccccc3C2=O)c(OC)c1. The van der Waals surface area contributed by atoms with E-state index in [2.05, 4.69) is 5.32 Å². The van der Waals surface area contributed by atoms with Crippen molar-refractivity contribution in [2.75, 3.05) is 20.2 Å². The van der Waals surface area contributed by atoms with Crippen molar-refractivity contribution in [1.29, 1.82) is 5.26 Å². The van der Waals surface area contributed by atoms with Crippen LogP contribution in [0, 0.1) is 11.3 Å². The molecule has 0 radical (unpaired) electrons. The van der Waals surface area contributed by atoms with Crippen LogP contribution in [0.5, 0.6) is 11.5 Å². The number of esters is 1. The molecule has 0 bridgehead atoms. The monoisotopic (exact) mass is 517 g/mol. The standard InChI is InChI=1S/C29H31N3O6/c1-3-4-15-31-27(34)21(19-30)17-20-13-14-24(25(18-20)37-2)38-26(33)12-6-5-9-16-32-28(35)22-10-7-8-11-23(22)29(32)36/h7-8,10-11,13-14,17-18H,3-6,9,12,15-16H2,1-2H3,(H,31,34)/b21-17+. The van der Waals surface area contributed by atoms with Crippen molar-refractivity contribution in [1.82, 2.24) is 10.2 Å². The summed E-state index contributed by atoms with van der Waals surface area (Å²) in [7, 11) is 1.43. The lowest BCUT2D eigenvalue weighted by molar-refractivity contribution is -0.134. The van der Waals surface area contributed by atoms with E-state index in [0.29, 0.717) is 54.8 Å². The number of ether oxygens (including phenoxy) is 2. The Morgan fingerprint density at radius 1 is 1.00 bits per heavy atom. The molecule has 9 nitrogen and oxygen atoms in total. The fraction of sp³-hybridized carbons (Fsp3) is 0.345. The van der Waals surface area contributed by atoms with Crippen molar-refractivity contribution in [3.05, 3.63) is 64.7 Å². The average molecular weight is 518 g/mol. The van der Waals surface area contributed by atoms with Crippen LogP contribution >= 0.6 is 0 Å². The number of nitriles is 1. The third-order valence-electron chi connectivity index (χ3n) is 6.04. The largest absolute Gasteiger partial charge is 0.493 e. The summed E-state index contributed by atoms with van der Waals surface area (Å²) in [6, 6.07) is 13.4. The minimum atomic E-state index is -0.446. The number of methoxy groups -OCH3 is 1. The first-order valence-corrected chi connectivity index (χ1v) is 12.6. The molecule has 3 rings (SSSR count). The van der Waals surface area contributed by atoms with Gasteiger partial charge in [0.15, 0.2) is 11.5 Å². The lowest BCUT2D eigenvalue weighted by Gasteiger charge is -2.13. The molecule has 0 saturated carbocycles. The van der Waals surface area contributed by atoms with Gasteiger partial charge in [-0.05, 0) is 55.2 Å². The number of nitrogens with one attached hydrogen (secondary N) is 1. The Morgan fingerprint density at radius 2 is 1.71 bits per heavy atom. The van der Waals surface area contributed by atoms with Gasteiger partial charge in [-0.1, -0.05) is 38.0 Å². The van der Waals surface area contributed by atoms with E-state index in [-0.39, 0.29) is 29.6 Å². The molecule has 38 heavy (non-hydrogen) atoms. The highest BCUT2D eigenvalue weighted by atomic mass is 16.6. The van der Waals surface area contributed by atoms with Gasteiger partial charge in [0, 0.05) is 19.5 Å². The number of hydrogen-bond donors (Lipinski definition) is 1. The van der Waals surface area contributed by atoms with E-state index in [9.17, 15) is 24.4 Å². The number of hydrogen-bond acceptors (Lipinski definition) is 7. The van der Waals surface area contributed by atoms with Gasteiger partial charge >= 0.3 is 5.97 Å². The summed E-state index contributed by atoms with van der Waals surface area (Å²) in [5.74, 6) is -0.935. The zero-order valence-electron chi connectivity index (χ0n) is 21.6. The summed E-state index contributed by atoms with van der Waals surface area (Å²) in [5, 5.41) is 12.1. The Kier molecular flexibility index (Phi) is 10.2. The molecule has 0 spiro atoms. The maximum Gasteiger partial charge on any atom is 0.311 e. The fourth-order valence-corrected chi connectivity index (χ4v) is 3.98. The number of benzene rings is 2. The second kappa shape index (κ2) is 13.7. The number of fused-ring (bicyclic) bond motifs is 1. The zero-order valence-corrected chi connectivity index (χ0v) is 21.6. The summed E-state index contributed by atoms with van der Waals surface area (Å²) in [6.07, 6.45) is 5.11. The number of carbonyl (C=O) groups is 4. The molecule has 9 heteroatoms. The minimum Gasteiger partial charge on any atom is -0.493 e. The van der Waals surface area contributed by atoms with Crippen LogP contribution in [-0.2, 0) is 9.59 Å². The number of imide groups is 1. The van der Waals surface area contributed by atoms with Crippen LogP contribution in [0.25, 0.3) is 6.08 Å². The predicted octanol–water partition coefficient (Wildman–Crippen LogP) is 4.28. The van der Waals surface area contributed by atoms with Crippen LogP contribution in [-0.4, -0.2) is 48.8 Å². The molecule has 2 aromatic rings. The molecule has 0 saturated heterocycles. The van der Waals surface area contributed by atoms with E-state index in [1.165, 1.54) is 18.1 Å². The topological polar surface area (TPSA) is 126 Å². The molecule has 2 aromatic carbocycles. The maximum atomic E-state index is 12.4. The highest BCUT2D eigenvalue weighted by Gasteiger charge is 2.34. The summed E-state index contributed by atoms with van der Waals surface area (Å²) in [6.45, 7) is 2.80. The number of carbonyl (C=O) groups excluding carboxylic acids is 4. The second-order valence-corrected chi connectivity index (χ2v) is 8.78. The van der Waals surface area contributed by atoms with Gasteiger partial charge in [-0.2, -0.15) is 5.26 Å². The molecule has 1 aliphatic rings. The molecule has 1 heterocycles. The van der Waals surface area contributed by atoms with Gasteiger partial charge in [0.25, 0.3) is 17.7 Å². The maximum absolute atomic E-state index is 12.4. The van der Waals surface area contributed by atoms with Gasteiger partial charge in [0.2, 0.25) is 0 Å². The van der Waals surface area contributed by atoms with E-state index in [4.69, 9.17) is 9.47 Å². The predicted molar refractivity (Wildman–Crippen MR) is 140 cm³/mol. The second-order valence-electron chi connectivity index (χ2n) is 8.78. The van der Waals surface area contributed by atoms with Crippen molar-refractivity contribution in [2.24, 2.45) is 0 Å². The normalized spacial score (nSPS) is 12.7. The van der Waals surface area contributed by atoms with Crippen molar-refractivity contribution < 1.29 is 28.7 Å². The Balaban J connectivity index is 1.48. The third kappa shape index (κ3) is 7.07. The first-order chi connectivity index (χ1) is 18.4. The lowest BCUT2D eigenvalue weighted by Crippen LogP contribution is -2.30. The minimum absolute atomic E-state index is 0.0332. The fourth-order valence-electron chi connectivity index (χ4n) is 3.98. The molecule has 3 amide bonds. The first-order valence-electron chi connectivity index (χ1n) is 12.6. The Hall–Kier alpha value is -4.45. The Labute approximate surface area is 222 Å². The van der Waals surface area contributed by atoms with Crippen LogP contribution in [0.1, 0.15) is 71.7 Å². The van der Waals surface area contributed by atoms with E-state index in [1.807, 2.05) is 13.0 Å². The van der Waals surface area contributed by atoms with Crippen molar-refractivity contribution in [3.8, 4) is 17.6 Å². The summed E-state index contributed by atoms with van der Waals surface area (Å²) in [5.41, 5.74) is 1.37. The van der Waals surface area contributed by atoms with Crippen LogP contribution in [0.3, 0.4) is 0 Å². The Bertz CT molecular complexity index is 1240. The van der Waals surface area contributed by atoms with Gasteiger partial charge in [0.1, 0.15) is 11.6 Å². The van der Waals surface area contributed by atoms with Crippen LogP contribution in [0.15, 0.2) is 48.0 Å². The van der Waals surface area contributed by atoms with E-state index < -0.39 is 11.9 Å². The summed E-state index contributed by atoms with van der Waals surface area (Å²) >= 11 is 0. The molecular weight excluding hydrogens is 486 g/mol. The number of rotatable bonds is 13. The van der Waals surface area contributed by atoms with E-state index in [1.54, 1.807) is 42.5 Å². The molecule has 0 unspecified atom stereocenters. The molecule has 198 valence electrons. The summed E-state index contributed by atoms with van der Waals surface area (Å²) in [4.78, 5) is 50.6. The first kappa shape index (κ1) is 28.1. The van der Waals surface area contributed by atoms with Crippen molar-refractivity contribution in [3.63, 3.8) is 0 Å². The third-order valence-corrected chi connectivity index (χ3v) is 6.04. The van der Waals surface area contributed by atoms with Gasteiger partial charge < -0.3 is 14.8 Å². The van der Waals surface area contributed by atoms with Crippen molar-refractivity contribution in [2.45, 2.75) is 45.4 Å². The summed E-state index contributed by atoms with van der Waals surface area (Å²) < 4.78 is 10.8. The van der Waals surface area contributed by atoms with Gasteiger partial charge in [-0.25, -0.2) is 0 Å². The highest BCUT2D eigenvalue weighted by Crippen LogP contribution is 2.29. The smallest absolute Gasteiger partial charge is 0.311 e. The molecule has 1 aliphatic heterocycles. The lowest BCUT2D eigenvalue weighted by atomic mass is 10.1. The van der Waals surface area contributed by atoms with Gasteiger partial charge in [-0.3, -0.25) is 24.1 Å². The Morgan fingerprint density at radius 3 is 2.34 bits per heavy atom. The molecule has 1 N–H and O–H groups in total. The number of nitrogens with zero attached hydrogens (tertiary/aromatic N) is 2. The van der Waals surface area contributed by atoms with E-state index in [0.717, 1.165) is 12.8 Å². The van der Waals surface area contributed by atoms with Crippen LogP contribution in [0.2, 0.25) is 0 Å². The van der Waals surface area contributed by atoms with Crippen LogP contribution in [0.4, 0.5) is 0 Å². The highest BCUT2D eigenvalue weighted by molar-refractivity contribution is 6.21. The molecule has 0 atom stereocenters. The van der Waals surface area contributed by atoms with Gasteiger partial charge in [0.05, 0.1) is 18.2 Å². The van der Waals surface area contributed by atoms with Crippen LogP contribution < -0.4 is 14.8 Å². The molecule has 0 fully saturated rings.